The molecule has 0 spiro atoms. The van der Waals surface area contributed by atoms with E-state index in [1.165, 1.54) is 0 Å². The summed E-state index contributed by atoms with van der Waals surface area (Å²) in [6.07, 6.45) is 0.955. The molecule has 0 fully saturated rings. The molecule has 0 amide bonds. The van der Waals surface area contributed by atoms with Gasteiger partial charge in [0, 0.05) is 25.4 Å². The van der Waals surface area contributed by atoms with Crippen LogP contribution < -0.4 is 10.2 Å². The molecule has 1 heterocycles. The lowest BCUT2D eigenvalue weighted by Gasteiger charge is -2.23. The van der Waals surface area contributed by atoms with E-state index in [2.05, 4.69) is 47.1 Å². The molecule has 4 nitrogen and oxygen atoms in total. The first-order chi connectivity index (χ1) is 8.06. The largest absolute Gasteiger partial charge is 0.359 e. The molecule has 1 atom stereocenters. The fourth-order valence-corrected chi connectivity index (χ4v) is 1.96. The molecule has 0 saturated carbocycles. The second kappa shape index (κ2) is 6.55. The van der Waals surface area contributed by atoms with Gasteiger partial charge in [0.15, 0.2) is 0 Å². The summed E-state index contributed by atoms with van der Waals surface area (Å²) in [6.45, 7) is 8.33. The standard InChI is InChI=1S/C13H24N4/c1-6-12-7-13(16-11(3)15-12)17(5)9-10(2)8-14-4/h7,10,14H,6,8-9H2,1-5H3. The summed E-state index contributed by atoms with van der Waals surface area (Å²) in [5, 5.41) is 3.20. The van der Waals surface area contributed by atoms with Gasteiger partial charge in [-0.3, -0.25) is 0 Å². The van der Waals surface area contributed by atoms with Crippen LogP contribution in [0.15, 0.2) is 6.07 Å². The minimum Gasteiger partial charge on any atom is -0.359 e. The Hall–Kier alpha value is -1.16. The highest BCUT2D eigenvalue weighted by Gasteiger charge is 2.09. The van der Waals surface area contributed by atoms with Gasteiger partial charge in [-0.25, -0.2) is 9.97 Å². The third-order valence-corrected chi connectivity index (χ3v) is 2.77. The van der Waals surface area contributed by atoms with Gasteiger partial charge in [-0.1, -0.05) is 13.8 Å². The van der Waals surface area contributed by atoms with Crippen molar-refractivity contribution in [2.45, 2.75) is 27.2 Å². The number of nitrogens with one attached hydrogen (secondary N) is 1. The number of hydrogen-bond donors (Lipinski definition) is 1. The summed E-state index contributed by atoms with van der Waals surface area (Å²) >= 11 is 0. The van der Waals surface area contributed by atoms with E-state index in [1.54, 1.807) is 0 Å². The SMILES string of the molecule is CCc1cc(N(C)CC(C)CNC)nc(C)n1. The van der Waals surface area contributed by atoms with Crippen molar-refractivity contribution in [2.24, 2.45) is 5.92 Å². The molecular weight excluding hydrogens is 212 g/mol. The Kier molecular flexibility index (Phi) is 5.35. The van der Waals surface area contributed by atoms with E-state index in [4.69, 9.17) is 0 Å². The summed E-state index contributed by atoms with van der Waals surface area (Å²) < 4.78 is 0. The van der Waals surface area contributed by atoms with Crippen LogP contribution in [0.3, 0.4) is 0 Å². The van der Waals surface area contributed by atoms with Gasteiger partial charge < -0.3 is 10.2 Å². The Labute approximate surface area is 104 Å². The fourth-order valence-electron chi connectivity index (χ4n) is 1.96. The normalized spacial score (nSPS) is 12.5. The minimum absolute atomic E-state index is 0.602. The molecule has 0 aliphatic heterocycles. The highest BCUT2D eigenvalue weighted by Crippen LogP contribution is 2.13. The van der Waals surface area contributed by atoms with Crippen LogP contribution in [0.2, 0.25) is 0 Å². The summed E-state index contributed by atoms with van der Waals surface area (Å²) in [5.41, 5.74) is 1.11. The number of aryl methyl sites for hydroxylation is 2. The van der Waals surface area contributed by atoms with Crippen LogP contribution in [0, 0.1) is 12.8 Å². The Morgan fingerprint density at radius 3 is 2.71 bits per heavy atom. The van der Waals surface area contributed by atoms with Crippen molar-refractivity contribution < 1.29 is 0 Å². The van der Waals surface area contributed by atoms with Gasteiger partial charge in [0.1, 0.15) is 11.6 Å². The van der Waals surface area contributed by atoms with Gasteiger partial charge in [0.2, 0.25) is 0 Å². The molecule has 1 N–H and O–H groups in total. The number of hydrogen-bond acceptors (Lipinski definition) is 4. The van der Waals surface area contributed by atoms with E-state index in [-0.39, 0.29) is 0 Å². The van der Waals surface area contributed by atoms with E-state index in [0.717, 1.165) is 36.8 Å². The van der Waals surface area contributed by atoms with E-state index in [1.807, 2.05) is 14.0 Å². The van der Waals surface area contributed by atoms with Crippen molar-refractivity contribution in [1.29, 1.82) is 0 Å². The smallest absolute Gasteiger partial charge is 0.132 e. The third-order valence-electron chi connectivity index (χ3n) is 2.77. The Morgan fingerprint density at radius 2 is 2.12 bits per heavy atom. The summed E-state index contributed by atoms with van der Waals surface area (Å²) in [4.78, 5) is 11.1. The molecule has 1 rings (SSSR count). The average Bonchev–Trinajstić information content (AvgIpc) is 2.28. The summed E-state index contributed by atoms with van der Waals surface area (Å²) in [6, 6.07) is 2.08. The van der Waals surface area contributed by atoms with Crippen molar-refractivity contribution in [3.8, 4) is 0 Å². The van der Waals surface area contributed by atoms with Gasteiger partial charge >= 0.3 is 0 Å². The molecule has 0 saturated heterocycles. The maximum Gasteiger partial charge on any atom is 0.132 e. The maximum absolute atomic E-state index is 4.49. The number of nitrogens with zero attached hydrogens (tertiary/aromatic N) is 3. The van der Waals surface area contributed by atoms with Crippen molar-refractivity contribution in [2.75, 3.05) is 32.1 Å². The summed E-state index contributed by atoms with van der Waals surface area (Å²) in [5.74, 6) is 2.48. The molecule has 1 unspecified atom stereocenters. The fraction of sp³-hybridized carbons (Fsp3) is 0.692. The van der Waals surface area contributed by atoms with Crippen molar-refractivity contribution in [3.05, 3.63) is 17.6 Å². The highest BCUT2D eigenvalue weighted by atomic mass is 15.2. The minimum atomic E-state index is 0.602. The number of rotatable bonds is 6. The van der Waals surface area contributed by atoms with Crippen molar-refractivity contribution in [1.82, 2.24) is 15.3 Å². The van der Waals surface area contributed by atoms with Crippen LogP contribution in [0.1, 0.15) is 25.4 Å². The summed E-state index contributed by atoms with van der Waals surface area (Å²) in [7, 11) is 4.08. The Bertz CT molecular complexity index is 351. The van der Waals surface area contributed by atoms with Gasteiger partial charge in [-0.15, -0.1) is 0 Å². The Morgan fingerprint density at radius 1 is 1.41 bits per heavy atom. The number of anilines is 1. The van der Waals surface area contributed by atoms with Crippen LogP contribution in [-0.2, 0) is 6.42 Å². The molecule has 17 heavy (non-hydrogen) atoms. The third kappa shape index (κ3) is 4.30. The van der Waals surface area contributed by atoms with Crippen LogP contribution in [0.4, 0.5) is 5.82 Å². The molecule has 0 aromatic carbocycles. The second-order valence-electron chi connectivity index (χ2n) is 4.66. The van der Waals surface area contributed by atoms with Gasteiger partial charge in [-0.2, -0.15) is 0 Å². The first-order valence-corrected chi connectivity index (χ1v) is 6.27. The molecule has 0 bridgehead atoms. The highest BCUT2D eigenvalue weighted by molar-refractivity contribution is 5.38. The first kappa shape index (κ1) is 13.9. The van der Waals surface area contributed by atoms with Gasteiger partial charge in [0.25, 0.3) is 0 Å². The molecule has 1 aromatic heterocycles. The monoisotopic (exact) mass is 236 g/mol. The topological polar surface area (TPSA) is 41.0 Å². The van der Waals surface area contributed by atoms with Crippen molar-refractivity contribution in [3.63, 3.8) is 0 Å². The quantitative estimate of drug-likeness (QED) is 0.815. The van der Waals surface area contributed by atoms with E-state index < -0.39 is 0 Å². The lowest BCUT2D eigenvalue weighted by molar-refractivity contribution is 0.540. The Balaban J connectivity index is 2.74. The average molecular weight is 236 g/mol. The van der Waals surface area contributed by atoms with Crippen molar-refractivity contribution >= 4 is 5.82 Å². The molecule has 96 valence electrons. The molecule has 0 radical (unpaired) electrons. The van der Waals surface area contributed by atoms with Gasteiger partial charge in [-0.05, 0) is 32.9 Å². The maximum atomic E-state index is 4.49. The van der Waals surface area contributed by atoms with Gasteiger partial charge in [0.05, 0.1) is 0 Å². The zero-order valence-electron chi connectivity index (χ0n) is 11.6. The lowest BCUT2D eigenvalue weighted by Crippen LogP contribution is -2.30. The molecule has 1 aromatic rings. The molecule has 4 heteroatoms. The molecule has 0 aliphatic rings. The lowest BCUT2D eigenvalue weighted by atomic mass is 10.1. The van der Waals surface area contributed by atoms with Crippen LogP contribution in [0.25, 0.3) is 0 Å². The van der Waals surface area contributed by atoms with Crippen LogP contribution in [-0.4, -0.2) is 37.2 Å². The predicted octanol–water partition coefficient (Wildman–Crippen LogP) is 1.64. The van der Waals surface area contributed by atoms with E-state index >= 15 is 0 Å². The zero-order chi connectivity index (χ0) is 12.8. The molecule has 0 aliphatic carbocycles. The molecular formula is C13H24N4. The van der Waals surface area contributed by atoms with Crippen LogP contribution >= 0.6 is 0 Å². The predicted molar refractivity (Wildman–Crippen MR) is 72.5 cm³/mol. The van der Waals surface area contributed by atoms with E-state index in [0.29, 0.717) is 5.92 Å². The van der Waals surface area contributed by atoms with E-state index in [9.17, 15) is 0 Å². The first-order valence-electron chi connectivity index (χ1n) is 6.27. The van der Waals surface area contributed by atoms with Crippen LogP contribution in [0.5, 0.6) is 0 Å². The zero-order valence-corrected chi connectivity index (χ0v) is 11.6. The second-order valence-corrected chi connectivity index (χ2v) is 4.66. The number of aromatic nitrogens is 2.